The molecule has 0 bridgehead atoms. The summed E-state index contributed by atoms with van der Waals surface area (Å²) in [5.74, 6) is -2.76. The fourth-order valence-electron chi connectivity index (χ4n) is 3.22. The highest BCUT2D eigenvalue weighted by Gasteiger charge is 2.62. The van der Waals surface area contributed by atoms with Crippen LogP contribution in [0.2, 0.25) is 0 Å². The van der Waals surface area contributed by atoms with Gasteiger partial charge in [0, 0.05) is 17.0 Å². The first-order chi connectivity index (χ1) is 14.7. The summed E-state index contributed by atoms with van der Waals surface area (Å²) in [6.07, 6.45) is 0.516. The first kappa shape index (κ1) is 22.8. The number of hydrogen-bond acceptors (Lipinski definition) is 7. The Morgan fingerprint density at radius 3 is 2.32 bits per heavy atom. The number of β-lactam (4-membered cyclic amide) rings is 1. The SMILES string of the molecule is CC[C@H]1C(=O)N([C@@](Cl)(C(C)=O)C(=O)Oc2ccc([N+](=O)[O-])cc2)[C@@H]1Sc1ccccc1. The largest absolute Gasteiger partial charge is 0.424 e. The number of hydrogen-bond donors (Lipinski definition) is 0. The predicted molar refractivity (Wildman–Crippen MR) is 115 cm³/mol. The maximum Gasteiger partial charge on any atom is 0.361 e. The van der Waals surface area contributed by atoms with Crippen molar-refractivity contribution in [3.05, 3.63) is 64.7 Å². The summed E-state index contributed by atoms with van der Waals surface area (Å²) >= 11 is 7.83. The summed E-state index contributed by atoms with van der Waals surface area (Å²) < 4.78 is 5.23. The van der Waals surface area contributed by atoms with Crippen LogP contribution >= 0.6 is 23.4 Å². The topological polar surface area (TPSA) is 107 Å². The van der Waals surface area contributed by atoms with Gasteiger partial charge in [-0.05, 0) is 37.6 Å². The van der Waals surface area contributed by atoms with Crippen molar-refractivity contribution in [3.63, 3.8) is 0 Å². The average molecular weight is 463 g/mol. The molecular formula is C21H19ClN2O6S. The van der Waals surface area contributed by atoms with Gasteiger partial charge >= 0.3 is 5.97 Å². The van der Waals surface area contributed by atoms with Crippen LogP contribution in [-0.4, -0.2) is 37.9 Å². The minimum atomic E-state index is -2.35. The highest BCUT2D eigenvalue weighted by Crippen LogP contribution is 2.46. The minimum Gasteiger partial charge on any atom is -0.424 e. The van der Waals surface area contributed by atoms with Crippen LogP contribution < -0.4 is 4.74 Å². The second-order valence-corrected chi connectivity index (χ2v) is 8.60. The van der Waals surface area contributed by atoms with E-state index in [1.165, 1.54) is 23.9 Å². The summed E-state index contributed by atoms with van der Waals surface area (Å²) in [7, 11) is 0. The van der Waals surface area contributed by atoms with Crippen LogP contribution in [0, 0.1) is 16.0 Å². The number of amides is 1. The van der Waals surface area contributed by atoms with Crippen LogP contribution in [0.4, 0.5) is 5.69 Å². The first-order valence-electron chi connectivity index (χ1n) is 9.41. The van der Waals surface area contributed by atoms with Crippen LogP contribution in [0.25, 0.3) is 0 Å². The van der Waals surface area contributed by atoms with E-state index in [1.54, 1.807) is 0 Å². The Bertz CT molecular complexity index is 1020. The number of carbonyl (C=O) groups is 3. The van der Waals surface area contributed by atoms with E-state index in [9.17, 15) is 24.5 Å². The van der Waals surface area contributed by atoms with Crippen molar-refractivity contribution in [1.29, 1.82) is 0 Å². The maximum absolute atomic E-state index is 13.0. The number of esters is 1. The molecule has 0 saturated carbocycles. The number of ketones is 1. The molecule has 1 heterocycles. The van der Waals surface area contributed by atoms with Gasteiger partial charge in [0.2, 0.25) is 5.91 Å². The van der Waals surface area contributed by atoms with Crippen LogP contribution in [-0.2, 0) is 14.4 Å². The Morgan fingerprint density at radius 2 is 1.81 bits per heavy atom. The molecule has 2 aromatic carbocycles. The summed E-state index contributed by atoms with van der Waals surface area (Å²) in [6, 6.07) is 14.0. The monoisotopic (exact) mass is 462 g/mol. The van der Waals surface area contributed by atoms with E-state index in [1.807, 2.05) is 37.3 Å². The minimum absolute atomic E-state index is 0.0332. The van der Waals surface area contributed by atoms with Gasteiger partial charge in [-0.3, -0.25) is 24.6 Å². The molecule has 0 radical (unpaired) electrons. The summed E-state index contributed by atoms with van der Waals surface area (Å²) in [5, 5.41) is 10.2. The third kappa shape index (κ3) is 4.28. The Morgan fingerprint density at radius 1 is 1.19 bits per heavy atom. The third-order valence-corrected chi connectivity index (χ3v) is 6.85. The highest BCUT2D eigenvalue weighted by atomic mass is 35.5. The van der Waals surface area contributed by atoms with E-state index in [0.29, 0.717) is 6.42 Å². The number of likely N-dealkylation sites (tertiary alicyclic amines) is 1. The number of ether oxygens (including phenoxy) is 1. The molecule has 1 aliphatic rings. The van der Waals surface area contributed by atoms with Gasteiger partial charge < -0.3 is 4.74 Å². The zero-order valence-corrected chi connectivity index (χ0v) is 18.3. The Labute approximate surface area is 187 Å². The second-order valence-electron chi connectivity index (χ2n) is 6.86. The van der Waals surface area contributed by atoms with Gasteiger partial charge in [-0.25, -0.2) is 4.79 Å². The number of nitrogens with zero attached hydrogens (tertiary/aromatic N) is 2. The number of Topliss-reactive ketones (excluding diaryl/α,β-unsaturated/α-hetero) is 1. The fourth-order valence-corrected chi connectivity index (χ4v) is 4.94. The molecule has 1 amide bonds. The molecule has 0 N–H and O–H groups in total. The van der Waals surface area contributed by atoms with Crippen LogP contribution in [0.5, 0.6) is 5.75 Å². The molecule has 162 valence electrons. The Hall–Kier alpha value is -2.91. The van der Waals surface area contributed by atoms with E-state index in [2.05, 4.69) is 0 Å². The Balaban J connectivity index is 1.88. The fraction of sp³-hybridized carbons (Fsp3) is 0.286. The summed E-state index contributed by atoms with van der Waals surface area (Å²) in [6.45, 7) is 2.96. The highest BCUT2D eigenvalue weighted by molar-refractivity contribution is 8.00. The second kappa shape index (κ2) is 9.07. The van der Waals surface area contributed by atoms with Gasteiger partial charge in [0.15, 0.2) is 5.78 Å². The summed E-state index contributed by atoms with van der Waals surface area (Å²) in [5.41, 5.74) is -0.188. The number of benzene rings is 2. The smallest absolute Gasteiger partial charge is 0.361 e. The van der Waals surface area contributed by atoms with Crippen LogP contribution in [0.3, 0.4) is 0 Å². The van der Waals surface area contributed by atoms with Crippen molar-refractivity contribution in [2.24, 2.45) is 5.92 Å². The van der Waals surface area contributed by atoms with Gasteiger partial charge in [-0.2, -0.15) is 0 Å². The molecule has 0 spiro atoms. The molecule has 31 heavy (non-hydrogen) atoms. The first-order valence-corrected chi connectivity index (χ1v) is 10.7. The zero-order valence-electron chi connectivity index (χ0n) is 16.7. The van der Waals surface area contributed by atoms with Crippen LogP contribution in [0.15, 0.2) is 59.5 Å². The number of carbonyl (C=O) groups excluding carboxylic acids is 3. The van der Waals surface area contributed by atoms with Gasteiger partial charge in [-0.1, -0.05) is 36.7 Å². The molecular weight excluding hydrogens is 444 g/mol. The molecule has 1 fully saturated rings. The number of thioether (sulfide) groups is 1. The lowest BCUT2D eigenvalue weighted by Crippen LogP contribution is -2.71. The number of nitro groups is 1. The number of rotatable bonds is 8. The van der Waals surface area contributed by atoms with E-state index in [4.69, 9.17) is 16.3 Å². The number of nitro benzene ring substituents is 1. The molecule has 2 aromatic rings. The molecule has 0 unspecified atom stereocenters. The maximum atomic E-state index is 13.0. The van der Waals surface area contributed by atoms with Crippen molar-refractivity contribution in [1.82, 2.24) is 4.90 Å². The number of halogens is 1. The number of non-ortho nitro benzene ring substituents is 1. The van der Waals surface area contributed by atoms with E-state index in [0.717, 1.165) is 28.9 Å². The quantitative estimate of drug-likeness (QED) is 0.0852. The molecule has 1 aliphatic heterocycles. The van der Waals surface area contributed by atoms with Gasteiger partial charge in [0.05, 0.1) is 16.2 Å². The van der Waals surface area contributed by atoms with E-state index in [-0.39, 0.29) is 11.4 Å². The summed E-state index contributed by atoms with van der Waals surface area (Å²) in [4.78, 5) is 48.0. The van der Waals surface area contributed by atoms with Crippen LogP contribution in [0.1, 0.15) is 20.3 Å². The van der Waals surface area contributed by atoms with Crippen molar-refractivity contribution in [2.75, 3.05) is 0 Å². The molecule has 0 aliphatic carbocycles. The molecule has 3 atom stereocenters. The third-order valence-electron chi connectivity index (χ3n) is 4.92. The van der Waals surface area contributed by atoms with E-state index < -0.39 is 38.9 Å². The lowest BCUT2D eigenvalue weighted by Gasteiger charge is -2.51. The van der Waals surface area contributed by atoms with Crippen molar-refractivity contribution in [3.8, 4) is 5.75 Å². The molecule has 1 saturated heterocycles. The average Bonchev–Trinajstić information content (AvgIpc) is 2.74. The zero-order chi connectivity index (χ0) is 22.8. The lowest BCUT2D eigenvalue weighted by atomic mass is 9.91. The van der Waals surface area contributed by atoms with Crippen molar-refractivity contribution in [2.45, 2.75) is 35.5 Å². The standard InChI is InChI=1S/C21H19ClN2O6S/c1-3-17-18(26)23(19(17)31-16-7-5-4-6-8-16)21(22,13(2)25)20(27)30-15-11-9-14(10-12-15)24(28)29/h4-12,17,19H,3H2,1-2H3/t17-,19+,21-/m0/s1. The molecule has 0 aromatic heterocycles. The van der Waals surface area contributed by atoms with Crippen molar-refractivity contribution >= 4 is 46.7 Å². The Kier molecular flexibility index (Phi) is 6.66. The number of alkyl halides is 1. The van der Waals surface area contributed by atoms with E-state index >= 15 is 0 Å². The normalized spacial score (nSPS) is 19.8. The van der Waals surface area contributed by atoms with Gasteiger partial charge in [0.1, 0.15) is 5.75 Å². The predicted octanol–water partition coefficient (Wildman–Crippen LogP) is 4.01. The van der Waals surface area contributed by atoms with Gasteiger partial charge in [0.25, 0.3) is 10.7 Å². The van der Waals surface area contributed by atoms with Gasteiger partial charge in [-0.15, -0.1) is 11.8 Å². The lowest BCUT2D eigenvalue weighted by molar-refractivity contribution is -0.384. The molecule has 3 rings (SSSR count). The van der Waals surface area contributed by atoms with Crippen molar-refractivity contribution < 1.29 is 24.0 Å². The molecule has 8 nitrogen and oxygen atoms in total. The molecule has 10 heteroatoms.